The Morgan fingerprint density at radius 2 is 2.22 bits per heavy atom. The summed E-state index contributed by atoms with van der Waals surface area (Å²) in [6, 6.07) is 1.93. The fraction of sp³-hybridized carbons (Fsp3) is 0.846. The van der Waals surface area contributed by atoms with Gasteiger partial charge in [-0.25, -0.2) is 0 Å². The quantitative estimate of drug-likeness (QED) is 0.686. The summed E-state index contributed by atoms with van der Waals surface area (Å²) in [5.74, 6) is 0.0509. The minimum absolute atomic E-state index is 0.0208. The normalized spacial score (nSPS) is 42.9. The predicted octanol–water partition coefficient (Wildman–Crippen LogP) is 0.00238. The van der Waals surface area contributed by atoms with E-state index in [1.165, 1.54) is 0 Å². The highest BCUT2D eigenvalue weighted by atomic mass is 16.3. The zero-order valence-corrected chi connectivity index (χ0v) is 10.4. The number of likely N-dealkylation sites (tertiary alicyclic amines) is 1. The summed E-state index contributed by atoms with van der Waals surface area (Å²) in [5.41, 5.74) is 0. The van der Waals surface area contributed by atoms with E-state index in [9.17, 15) is 9.90 Å². The molecule has 2 N–H and O–H groups in total. The summed E-state index contributed by atoms with van der Waals surface area (Å²) in [5, 5.41) is 22.4. The molecule has 1 saturated carbocycles. The van der Waals surface area contributed by atoms with Crippen LogP contribution in [0.15, 0.2) is 0 Å². The Balaban J connectivity index is 1.75. The molecule has 5 nitrogen and oxygen atoms in total. The Bertz CT molecular complexity index is 392. The molecule has 4 aliphatic rings. The average molecular weight is 249 g/mol. The Hall–Kier alpha value is -1.12. The van der Waals surface area contributed by atoms with E-state index in [4.69, 9.17) is 5.26 Å². The summed E-state index contributed by atoms with van der Waals surface area (Å²) < 4.78 is 0. The monoisotopic (exact) mass is 249 g/mol. The maximum absolute atomic E-state index is 12.5. The average Bonchev–Trinajstić information content (AvgIpc) is 2.86. The number of aliphatic hydroxyl groups excluding tert-OH is 1. The van der Waals surface area contributed by atoms with Crippen LogP contribution >= 0.6 is 0 Å². The summed E-state index contributed by atoms with van der Waals surface area (Å²) in [6.07, 6.45) is 4.06. The number of nitriles is 1. The molecule has 1 amide bonds. The Kier molecular flexibility index (Phi) is 3.00. The molecule has 3 aliphatic heterocycles. The maximum Gasteiger partial charge on any atom is 0.241 e. The highest BCUT2D eigenvalue weighted by Gasteiger charge is 2.46. The van der Waals surface area contributed by atoms with Crippen LogP contribution in [0.5, 0.6) is 0 Å². The number of fused-ring (bicyclic) bond motifs is 3. The van der Waals surface area contributed by atoms with Gasteiger partial charge in [-0.3, -0.25) is 4.79 Å². The standard InChI is InChI=1S/C13H19N3O2/c14-7-9-2-1-5-16(9)13(18)12-10-4-3-8(15-12)6-11(10)17/h8-12,15,17H,1-6H2/t8-,9-,10+,11+,12-/m0/s1. The molecule has 0 aromatic rings. The zero-order valence-electron chi connectivity index (χ0n) is 10.4. The first kappa shape index (κ1) is 11.9. The molecular formula is C13H19N3O2. The lowest BCUT2D eigenvalue weighted by molar-refractivity contribution is -0.140. The molecule has 98 valence electrons. The third-order valence-corrected chi connectivity index (χ3v) is 4.66. The number of amides is 1. The largest absolute Gasteiger partial charge is 0.393 e. The fourth-order valence-electron chi connectivity index (χ4n) is 3.69. The van der Waals surface area contributed by atoms with E-state index in [-0.39, 0.29) is 36.1 Å². The van der Waals surface area contributed by atoms with E-state index in [0.717, 1.165) is 32.1 Å². The lowest BCUT2D eigenvalue weighted by Gasteiger charge is -2.46. The number of aliphatic hydroxyl groups is 1. The maximum atomic E-state index is 12.5. The Morgan fingerprint density at radius 3 is 2.89 bits per heavy atom. The van der Waals surface area contributed by atoms with Gasteiger partial charge in [0.25, 0.3) is 0 Å². The van der Waals surface area contributed by atoms with Crippen LogP contribution in [0.1, 0.15) is 32.1 Å². The number of nitrogens with zero attached hydrogens (tertiary/aromatic N) is 2. The minimum atomic E-state index is -0.359. The first-order chi connectivity index (χ1) is 8.70. The van der Waals surface area contributed by atoms with Crippen molar-refractivity contribution in [3.63, 3.8) is 0 Å². The number of piperidine rings is 2. The first-order valence-corrected chi connectivity index (χ1v) is 6.85. The molecule has 4 rings (SSSR count). The van der Waals surface area contributed by atoms with Crippen molar-refractivity contribution in [1.29, 1.82) is 5.26 Å². The van der Waals surface area contributed by atoms with E-state index in [1.807, 2.05) is 0 Å². The van der Waals surface area contributed by atoms with Gasteiger partial charge in [-0.05, 0) is 32.1 Å². The fourth-order valence-corrected chi connectivity index (χ4v) is 3.69. The van der Waals surface area contributed by atoms with Gasteiger partial charge >= 0.3 is 0 Å². The lowest BCUT2D eigenvalue weighted by atomic mass is 9.74. The van der Waals surface area contributed by atoms with Crippen LogP contribution in [-0.4, -0.2) is 46.7 Å². The van der Waals surface area contributed by atoms with Crippen molar-refractivity contribution in [2.45, 2.75) is 56.3 Å². The second-order valence-corrected chi connectivity index (χ2v) is 5.70. The molecule has 1 aliphatic carbocycles. The van der Waals surface area contributed by atoms with Gasteiger partial charge in [0.05, 0.1) is 18.2 Å². The zero-order chi connectivity index (χ0) is 12.7. The number of nitrogens with one attached hydrogen (secondary N) is 1. The molecule has 0 unspecified atom stereocenters. The van der Waals surface area contributed by atoms with Gasteiger partial charge in [0.1, 0.15) is 6.04 Å². The molecule has 18 heavy (non-hydrogen) atoms. The van der Waals surface area contributed by atoms with Crippen molar-refractivity contribution in [3.05, 3.63) is 0 Å². The van der Waals surface area contributed by atoms with Crippen LogP contribution in [0.2, 0.25) is 0 Å². The molecule has 5 atom stereocenters. The number of carbonyl (C=O) groups is 1. The topological polar surface area (TPSA) is 76.4 Å². The molecule has 5 heteroatoms. The van der Waals surface area contributed by atoms with E-state index in [0.29, 0.717) is 6.54 Å². The van der Waals surface area contributed by atoms with Crippen LogP contribution in [0.3, 0.4) is 0 Å². The summed E-state index contributed by atoms with van der Waals surface area (Å²) in [6.45, 7) is 0.683. The summed E-state index contributed by atoms with van der Waals surface area (Å²) in [4.78, 5) is 14.2. The van der Waals surface area contributed by atoms with Crippen molar-refractivity contribution in [2.24, 2.45) is 5.92 Å². The van der Waals surface area contributed by atoms with Crippen LogP contribution in [0, 0.1) is 17.2 Å². The van der Waals surface area contributed by atoms with Gasteiger partial charge < -0.3 is 15.3 Å². The number of hydrogen-bond acceptors (Lipinski definition) is 4. The predicted molar refractivity (Wildman–Crippen MR) is 64.4 cm³/mol. The molecule has 3 saturated heterocycles. The first-order valence-electron chi connectivity index (χ1n) is 6.85. The second kappa shape index (κ2) is 4.52. The van der Waals surface area contributed by atoms with Crippen molar-refractivity contribution in [3.8, 4) is 6.07 Å². The smallest absolute Gasteiger partial charge is 0.241 e. The Morgan fingerprint density at radius 1 is 1.39 bits per heavy atom. The molecule has 3 heterocycles. The SMILES string of the molecule is N#C[C@@H]1CCCN1C(=O)[C@H]1N[C@H]2CC[C@@H]1[C@H](O)C2. The molecule has 0 radical (unpaired) electrons. The Labute approximate surface area is 107 Å². The van der Waals surface area contributed by atoms with Gasteiger partial charge in [-0.1, -0.05) is 0 Å². The van der Waals surface area contributed by atoms with Gasteiger partial charge in [0, 0.05) is 18.5 Å². The van der Waals surface area contributed by atoms with Gasteiger partial charge in [-0.15, -0.1) is 0 Å². The van der Waals surface area contributed by atoms with Crippen molar-refractivity contribution in [2.75, 3.05) is 6.54 Å². The lowest BCUT2D eigenvalue weighted by Crippen LogP contribution is -2.64. The highest BCUT2D eigenvalue weighted by Crippen LogP contribution is 2.35. The number of carbonyl (C=O) groups excluding carboxylic acids is 1. The molecule has 2 bridgehead atoms. The van der Waals surface area contributed by atoms with Gasteiger partial charge in [0.15, 0.2) is 0 Å². The van der Waals surface area contributed by atoms with Crippen molar-refractivity contribution < 1.29 is 9.90 Å². The third kappa shape index (κ3) is 1.80. The van der Waals surface area contributed by atoms with E-state index in [1.54, 1.807) is 4.90 Å². The van der Waals surface area contributed by atoms with Crippen molar-refractivity contribution >= 4 is 5.91 Å². The minimum Gasteiger partial charge on any atom is -0.393 e. The molecule has 4 fully saturated rings. The van der Waals surface area contributed by atoms with Crippen LogP contribution in [-0.2, 0) is 4.79 Å². The van der Waals surface area contributed by atoms with Gasteiger partial charge in [-0.2, -0.15) is 5.26 Å². The van der Waals surface area contributed by atoms with E-state index in [2.05, 4.69) is 11.4 Å². The number of hydrogen-bond donors (Lipinski definition) is 2. The third-order valence-electron chi connectivity index (χ3n) is 4.66. The van der Waals surface area contributed by atoms with Gasteiger partial charge in [0.2, 0.25) is 5.91 Å². The molecule has 0 spiro atoms. The molecular weight excluding hydrogens is 230 g/mol. The van der Waals surface area contributed by atoms with E-state index >= 15 is 0 Å². The molecule has 0 aromatic carbocycles. The van der Waals surface area contributed by atoms with E-state index < -0.39 is 0 Å². The summed E-state index contributed by atoms with van der Waals surface area (Å²) in [7, 11) is 0. The number of rotatable bonds is 1. The van der Waals surface area contributed by atoms with Crippen molar-refractivity contribution in [1.82, 2.24) is 10.2 Å². The van der Waals surface area contributed by atoms with Crippen LogP contribution in [0.4, 0.5) is 0 Å². The summed E-state index contributed by atoms with van der Waals surface area (Å²) >= 11 is 0. The second-order valence-electron chi connectivity index (χ2n) is 5.70. The molecule has 0 aromatic heterocycles. The highest BCUT2D eigenvalue weighted by molar-refractivity contribution is 5.83. The van der Waals surface area contributed by atoms with Crippen LogP contribution in [0.25, 0.3) is 0 Å². The van der Waals surface area contributed by atoms with Crippen LogP contribution < -0.4 is 5.32 Å².